The lowest BCUT2D eigenvalue weighted by molar-refractivity contribution is -0.384. The van der Waals surface area contributed by atoms with Gasteiger partial charge in [0.2, 0.25) is 0 Å². The van der Waals surface area contributed by atoms with Crippen LogP contribution in [0.15, 0.2) is 54.6 Å². The summed E-state index contributed by atoms with van der Waals surface area (Å²) >= 11 is 1.83. The molecule has 0 atom stereocenters. The number of nitrogens with one attached hydrogen (secondary N) is 2. The number of carbonyl (C=O) groups is 1. The zero-order valence-corrected chi connectivity index (χ0v) is 13.9. The second kappa shape index (κ2) is 9.57. The van der Waals surface area contributed by atoms with Crippen LogP contribution in [0, 0.1) is 10.1 Å². The second-order valence-electron chi connectivity index (χ2n) is 5.08. The van der Waals surface area contributed by atoms with E-state index in [0.717, 1.165) is 17.9 Å². The van der Waals surface area contributed by atoms with Gasteiger partial charge in [0.15, 0.2) is 0 Å². The van der Waals surface area contributed by atoms with Crippen molar-refractivity contribution in [3.63, 3.8) is 0 Å². The summed E-state index contributed by atoms with van der Waals surface area (Å²) in [7, 11) is 0. The van der Waals surface area contributed by atoms with Gasteiger partial charge in [0.1, 0.15) is 0 Å². The number of hydrogen-bond acceptors (Lipinski definition) is 4. The molecule has 0 unspecified atom stereocenters. The van der Waals surface area contributed by atoms with Crippen molar-refractivity contribution >= 4 is 29.2 Å². The fourth-order valence-corrected chi connectivity index (χ4v) is 2.90. The van der Waals surface area contributed by atoms with E-state index in [9.17, 15) is 14.9 Å². The van der Waals surface area contributed by atoms with Crippen LogP contribution < -0.4 is 10.6 Å². The van der Waals surface area contributed by atoms with Crippen molar-refractivity contribution in [2.75, 3.05) is 17.6 Å². The minimum atomic E-state index is -0.475. The van der Waals surface area contributed by atoms with Crippen LogP contribution in [0.25, 0.3) is 0 Å². The molecule has 0 aliphatic carbocycles. The molecule has 0 radical (unpaired) electrons. The van der Waals surface area contributed by atoms with Crippen molar-refractivity contribution in [2.45, 2.75) is 12.2 Å². The summed E-state index contributed by atoms with van der Waals surface area (Å²) in [5.74, 6) is 1.93. The number of benzene rings is 2. The number of nitro benzene ring substituents is 1. The SMILES string of the molecule is O=C(NCCCSCc1ccccc1)Nc1ccc([N+](=O)[O-])cc1. The van der Waals surface area contributed by atoms with Crippen LogP contribution in [0.4, 0.5) is 16.2 Å². The van der Waals surface area contributed by atoms with Crippen LogP contribution in [0.1, 0.15) is 12.0 Å². The molecule has 7 heteroatoms. The lowest BCUT2D eigenvalue weighted by Gasteiger charge is -2.07. The smallest absolute Gasteiger partial charge is 0.319 e. The Bertz CT molecular complexity index is 663. The Balaban J connectivity index is 1.58. The van der Waals surface area contributed by atoms with Crippen LogP contribution in [0.2, 0.25) is 0 Å². The molecule has 2 aromatic rings. The summed E-state index contributed by atoms with van der Waals surface area (Å²) in [6, 6.07) is 15.7. The zero-order valence-electron chi connectivity index (χ0n) is 13.1. The van der Waals surface area contributed by atoms with Gasteiger partial charge in [-0.3, -0.25) is 10.1 Å². The Morgan fingerprint density at radius 1 is 1.08 bits per heavy atom. The third-order valence-electron chi connectivity index (χ3n) is 3.20. The molecule has 0 fully saturated rings. The van der Waals surface area contributed by atoms with Crippen molar-refractivity contribution in [1.82, 2.24) is 5.32 Å². The first kappa shape index (κ1) is 17.8. The topological polar surface area (TPSA) is 84.3 Å². The minimum absolute atomic E-state index is 0.00333. The summed E-state index contributed by atoms with van der Waals surface area (Å²) in [4.78, 5) is 21.8. The van der Waals surface area contributed by atoms with Crippen molar-refractivity contribution in [2.24, 2.45) is 0 Å². The molecule has 2 aromatic carbocycles. The van der Waals surface area contributed by atoms with Crippen molar-refractivity contribution < 1.29 is 9.72 Å². The van der Waals surface area contributed by atoms with Gasteiger partial charge >= 0.3 is 6.03 Å². The fraction of sp³-hybridized carbons (Fsp3) is 0.235. The lowest BCUT2D eigenvalue weighted by Crippen LogP contribution is -2.29. The Labute approximate surface area is 144 Å². The molecule has 2 rings (SSSR count). The van der Waals surface area contributed by atoms with Crippen molar-refractivity contribution in [3.05, 3.63) is 70.3 Å². The molecule has 126 valence electrons. The lowest BCUT2D eigenvalue weighted by atomic mass is 10.2. The molecule has 0 aromatic heterocycles. The monoisotopic (exact) mass is 345 g/mol. The van der Waals surface area contributed by atoms with Crippen molar-refractivity contribution in [3.8, 4) is 0 Å². The number of nitrogens with zero attached hydrogens (tertiary/aromatic N) is 1. The summed E-state index contributed by atoms with van der Waals surface area (Å²) in [5, 5.41) is 16.0. The first-order valence-corrected chi connectivity index (χ1v) is 8.71. The maximum Gasteiger partial charge on any atom is 0.319 e. The van der Waals surface area contributed by atoms with E-state index in [2.05, 4.69) is 22.8 Å². The van der Waals surface area contributed by atoms with Crippen LogP contribution in [0.5, 0.6) is 0 Å². The maximum absolute atomic E-state index is 11.7. The highest BCUT2D eigenvalue weighted by Crippen LogP contribution is 2.15. The molecule has 0 aliphatic heterocycles. The fourth-order valence-electron chi connectivity index (χ4n) is 1.98. The largest absolute Gasteiger partial charge is 0.338 e. The molecule has 0 saturated heterocycles. The molecular weight excluding hydrogens is 326 g/mol. The van der Waals surface area contributed by atoms with E-state index in [1.54, 1.807) is 0 Å². The number of urea groups is 1. The van der Waals surface area contributed by atoms with Crippen LogP contribution in [-0.2, 0) is 5.75 Å². The van der Waals surface area contributed by atoms with Gasteiger partial charge in [-0.2, -0.15) is 11.8 Å². The van der Waals surface area contributed by atoms with E-state index in [4.69, 9.17) is 0 Å². The van der Waals surface area contributed by atoms with E-state index in [1.165, 1.54) is 29.8 Å². The Hall–Kier alpha value is -2.54. The van der Waals surface area contributed by atoms with Crippen LogP contribution in [-0.4, -0.2) is 23.3 Å². The second-order valence-corrected chi connectivity index (χ2v) is 6.18. The van der Waals surface area contributed by atoms with Gasteiger partial charge in [0.05, 0.1) is 4.92 Å². The molecule has 0 saturated carbocycles. The number of non-ortho nitro benzene ring substituents is 1. The Morgan fingerprint density at radius 3 is 2.46 bits per heavy atom. The number of rotatable bonds is 8. The van der Waals surface area contributed by atoms with Gasteiger partial charge < -0.3 is 10.6 Å². The summed E-state index contributed by atoms with van der Waals surface area (Å²) in [5.41, 5.74) is 1.82. The van der Waals surface area contributed by atoms with E-state index >= 15 is 0 Å². The van der Waals surface area contributed by atoms with E-state index in [-0.39, 0.29) is 11.7 Å². The van der Waals surface area contributed by atoms with Gasteiger partial charge in [0.25, 0.3) is 5.69 Å². The van der Waals surface area contributed by atoms with Crippen molar-refractivity contribution in [1.29, 1.82) is 0 Å². The molecule has 6 nitrogen and oxygen atoms in total. The number of anilines is 1. The molecular formula is C17H19N3O3S. The maximum atomic E-state index is 11.7. The molecule has 0 heterocycles. The van der Waals surface area contributed by atoms with Gasteiger partial charge in [-0.25, -0.2) is 4.79 Å². The van der Waals surface area contributed by atoms with E-state index in [0.29, 0.717) is 12.2 Å². The Morgan fingerprint density at radius 2 is 1.79 bits per heavy atom. The van der Waals surface area contributed by atoms with Gasteiger partial charge in [-0.05, 0) is 29.9 Å². The first-order valence-electron chi connectivity index (χ1n) is 7.56. The molecule has 0 spiro atoms. The number of amides is 2. The molecule has 0 bridgehead atoms. The first-order chi connectivity index (χ1) is 11.6. The highest BCUT2D eigenvalue weighted by atomic mass is 32.2. The number of carbonyl (C=O) groups excluding carboxylic acids is 1. The molecule has 24 heavy (non-hydrogen) atoms. The molecule has 0 aliphatic rings. The number of hydrogen-bond donors (Lipinski definition) is 2. The average molecular weight is 345 g/mol. The number of thioether (sulfide) groups is 1. The highest BCUT2D eigenvalue weighted by Gasteiger charge is 2.05. The molecule has 2 N–H and O–H groups in total. The summed E-state index contributed by atoms with van der Waals surface area (Å²) < 4.78 is 0. The van der Waals surface area contributed by atoms with E-state index < -0.39 is 4.92 Å². The predicted octanol–water partition coefficient (Wildman–Crippen LogP) is 4.04. The zero-order chi connectivity index (χ0) is 17.2. The van der Waals surface area contributed by atoms with Gasteiger partial charge in [-0.1, -0.05) is 30.3 Å². The predicted molar refractivity (Wildman–Crippen MR) is 97.3 cm³/mol. The Kier molecular flexibility index (Phi) is 7.10. The molecule has 2 amide bonds. The third-order valence-corrected chi connectivity index (χ3v) is 4.31. The summed E-state index contributed by atoms with van der Waals surface area (Å²) in [6.07, 6.45) is 0.880. The summed E-state index contributed by atoms with van der Waals surface area (Å²) in [6.45, 7) is 0.584. The quantitative estimate of drug-likeness (QED) is 0.429. The normalized spacial score (nSPS) is 10.2. The minimum Gasteiger partial charge on any atom is -0.338 e. The third kappa shape index (κ3) is 6.29. The van der Waals surface area contributed by atoms with Gasteiger partial charge in [0, 0.05) is 30.1 Å². The standard InChI is InChI=1S/C17H19N3O3S/c21-17(19-15-7-9-16(10-8-15)20(22)23)18-11-4-12-24-13-14-5-2-1-3-6-14/h1-3,5-10H,4,11-13H2,(H2,18,19,21). The van der Waals surface area contributed by atoms with Crippen LogP contribution >= 0.6 is 11.8 Å². The van der Waals surface area contributed by atoms with Crippen LogP contribution in [0.3, 0.4) is 0 Å². The average Bonchev–Trinajstić information content (AvgIpc) is 2.59. The van der Waals surface area contributed by atoms with E-state index in [1.807, 2.05) is 30.0 Å². The van der Waals surface area contributed by atoms with Gasteiger partial charge in [-0.15, -0.1) is 0 Å². The highest BCUT2D eigenvalue weighted by molar-refractivity contribution is 7.98. The number of nitro groups is 1.